The van der Waals surface area contributed by atoms with Gasteiger partial charge in [0.05, 0.1) is 0 Å². The van der Waals surface area contributed by atoms with Crippen molar-refractivity contribution in [2.75, 3.05) is 6.54 Å². The molecule has 0 radical (unpaired) electrons. The third kappa shape index (κ3) is 5.36. The molecular formula is C21H20ClN3O4. The number of benzene rings is 2. The Balaban J connectivity index is 1.52. The number of carbonyl (C=O) groups is 3. The number of para-hydroxylation sites is 1. The van der Waals surface area contributed by atoms with Gasteiger partial charge in [-0.1, -0.05) is 29.8 Å². The van der Waals surface area contributed by atoms with Gasteiger partial charge in [0.25, 0.3) is 5.91 Å². The molecule has 2 amide bonds. The molecule has 1 atom stereocenters. The summed E-state index contributed by atoms with van der Waals surface area (Å²) in [7, 11) is 0. The van der Waals surface area contributed by atoms with Crippen molar-refractivity contribution in [3.05, 3.63) is 70.9 Å². The molecule has 0 unspecified atom stereocenters. The van der Waals surface area contributed by atoms with Gasteiger partial charge in [0, 0.05) is 47.1 Å². The SMILES string of the molecule is O=C(CCNC(=O)c1ccc(Cl)cc1)N[C@@H](Cc1c[nH]c2ccccc12)C(=O)O. The number of aliphatic carboxylic acids is 1. The van der Waals surface area contributed by atoms with Crippen LogP contribution in [0, 0.1) is 0 Å². The number of nitrogens with one attached hydrogen (secondary N) is 3. The number of amides is 2. The lowest BCUT2D eigenvalue weighted by atomic mass is 10.0. The van der Waals surface area contributed by atoms with E-state index in [1.807, 2.05) is 24.3 Å². The monoisotopic (exact) mass is 413 g/mol. The number of halogens is 1. The Hall–Kier alpha value is -3.32. The Morgan fingerprint density at radius 2 is 1.79 bits per heavy atom. The minimum Gasteiger partial charge on any atom is -0.480 e. The molecule has 0 bridgehead atoms. The second-order valence-electron chi connectivity index (χ2n) is 6.53. The molecule has 0 fully saturated rings. The van der Waals surface area contributed by atoms with E-state index in [1.54, 1.807) is 30.5 Å². The number of carboxylic acids is 1. The maximum Gasteiger partial charge on any atom is 0.326 e. The second kappa shape index (κ2) is 9.25. The summed E-state index contributed by atoms with van der Waals surface area (Å²) in [6, 6.07) is 12.9. The van der Waals surface area contributed by atoms with Crippen LogP contribution in [0.3, 0.4) is 0 Å². The van der Waals surface area contributed by atoms with Gasteiger partial charge in [0.2, 0.25) is 5.91 Å². The minimum atomic E-state index is -1.12. The van der Waals surface area contributed by atoms with Crippen LogP contribution in [0.15, 0.2) is 54.7 Å². The van der Waals surface area contributed by atoms with Crippen LogP contribution >= 0.6 is 11.6 Å². The smallest absolute Gasteiger partial charge is 0.326 e. The van der Waals surface area contributed by atoms with Gasteiger partial charge >= 0.3 is 5.97 Å². The van der Waals surface area contributed by atoms with Gasteiger partial charge in [-0.15, -0.1) is 0 Å². The third-order valence-electron chi connectivity index (χ3n) is 4.48. The zero-order valence-corrected chi connectivity index (χ0v) is 16.2. The van der Waals surface area contributed by atoms with Crippen LogP contribution in [0.4, 0.5) is 0 Å². The van der Waals surface area contributed by atoms with E-state index in [4.69, 9.17) is 11.6 Å². The van der Waals surface area contributed by atoms with Crippen LogP contribution in [0.25, 0.3) is 10.9 Å². The Labute approximate surface area is 172 Å². The number of fused-ring (bicyclic) bond motifs is 1. The van der Waals surface area contributed by atoms with Crippen LogP contribution in [-0.2, 0) is 16.0 Å². The van der Waals surface area contributed by atoms with Crippen LogP contribution in [-0.4, -0.2) is 40.5 Å². The fraction of sp³-hybridized carbons (Fsp3) is 0.190. The van der Waals surface area contributed by atoms with E-state index in [2.05, 4.69) is 15.6 Å². The number of hydrogen-bond donors (Lipinski definition) is 4. The molecule has 29 heavy (non-hydrogen) atoms. The van der Waals surface area contributed by atoms with Crippen LogP contribution in [0.1, 0.15) is 22.3 Å². The Morgan fingerprint density at radius 3 is 2.52 bits per heavy atom. The topological polar surface area (TPSA) is 111 Å². The summed E-state index contributed by atoms with van der Waals surface area (Å²) in [5, 5.41) is 16.1. The van der Waals surface area contributed by atoms with E-state index in [-0.39, 0.29) is 25.3 Å². The van der Waals surface area contributed by atoms with Gasteiger partial charge in [-0.25, -0.2) is 4.79 Å². The van der Waals surface area contributed by atoms with Crippen molar-refractivity contribution in [1.82, 2.24) is 15.6 Å². The molecule has 2 aromatic carbocycles. The maximum atomic E-state index is 12.2. The molecule has 0 saturated heterocycles. The van der Waals surface area contributed by atoms with Gasteiger partial charge in [-0.2, -0.15) is 0 Å². The average molecular weight is 414 g/mol. The van der Waals surface area contributed by atoms with Crippen molar-refractivity contribution in [1.29, 1.82) is 0 Å². The zero-order valence-electron chi connectivity index (χ0n) is 15.4. The molecule has 0 aliphatic heterocycles. The maximum absolute atomic E-state index is 12.2. The highest BCUT2D eigenvalue weighted by molar-refractivity contribution is 6.30. The van der Waals surface area contributed by atoms with Gasteiger partial charge in [0.15, 0.2) is 0 Å². The highest BCUT2D eigenvalue weighted by Gasteiger charge is 2.21. The van der Waals surface area contributed by atoms with E-state index < -0.39 is 17.9 Å². The molecule has 0 spiro atoms. The summed E-state index contributed by atoms with van der Waals surface area (Å²) in [6.07, 6.45) is 1.87. The summed E-state index contributed by atoms with van der Waals surface area (Å²) >= 11 is 5.78. The first kappa shape index (κ1) is 20.4. The third-order valence-corrected chi connectivity index (χ3v) is 4.73. The normalized spacial score (nSPS) is 11.8. The second-order valence-corrected chi connectivity index (χ2v) is 6.97. The van der Waals surface area contributed by atoms with Crippen LogP contribution in [0.5, 0.6) is 0 Å². The van der Waals surface area contributed by atoms with E-state index >= 15 is 0 Å². The molecule has 1 aromatic heterocycles. The largest absolute Gasteiger partial charge is 0.480 e. The summed E-state index contributed by atoms with van der Waals surface area (Å²) in [5.74, 6) is -1.90. The summed E-state index contributed by atoms with van der Waals surface area (Å²) < 4.78 is 0. The molecular weight excluding hydrogens is 394 g/mol. The van der Waals surface area contributed by atoms with Gasteiger partial charge < -0.3 is 20.7 Å². The van der Waals surface area contributed by atoms with E-state index in [0.29, 0.717) is 10.6 Å². The van der Waals surface area contributed by atoms with Crippen molar-refractivity contribution in [2.24, 2.45) is 0 Å². The summed E-state index contributed by atoms with van der Waals surface area (Å²) in [5.41, 5.74) is 2.14. The molecule has 1 heterocycles. The number of aromatic amines is 1. The number of hydrogen-bond acceptors (Lipinski definition) is 3. The minimum absolute atomic E-state index is 0.0308. The number of aromatic nitrogens is 1. The van der Waals surface area contributed by atoms with E-state index in [9.17, 15) is 19.5 Å². The Morgan fingerprint density at radius 1 is 1.07 bits per heavy atom. The first-order valence-electron chi connectivity index (χ1n) is 9.05. The van der Waals surface area contributed by atoms with E-state index in [1.165, 1.54) is 0 Å². The summed E-state index contributed by atoms with van der Waals surface area (Å²) in [4.78, 5) is 38.9. The van der Waals surface area contributed by atoms with Crippen LogP contribution in [0.2, 0.25) is 5.02 Å². The van der Waals surface area contributed by atoms with Gasteiger partial charge in [0.1, 0.15) is 6.04 Å². The predicted octanol–water partition coefficient (Wildman–Crippen LogP) is 2.75. The van der Waals surface area contributed by atoms with Crippen molar-refractivity contribution in [3.63, 3.8) is 0 Å². The zero-order chi connectivity index (χ0) is 20.8. The predicted molar refractivity (Wildman–Crippen MR) is 110 cm³/mol. The number of rotatable bonds is 8. The molecule has 3 aromatic rings. The molecule has 7 nitrogen and oxygen atoms in total. The van der Waals surface area contributed by atoms with Crippen molar-refractivity contribution >= 4 is 40.3 Å². The Bertz CT molecular complexity index is 1030. The average Bonchev–Trinajstić information content (AvgIpc) is 3.11. The number of carbonyl (C=O) groups excluding carboxylic acids is 2. The van der Waals surface area contributed by atoms with Crippen LogP contribution < -0.4 is 10.6 Å². The lowest BCUT2D eigenvalue weighted by Gasteiger charge is -2.14. The molecule has 0 aliphatic rings. The summed E-state index contributed by atoms with van der Waals surface area (Å²) in [6.45, 7) is 0.0900. The lowest BCUT2D eigenvalue weighted by molar-refractivity contribution is -0.141. The van der Waals surface area contributed by atoms with Crippen molar-refractivity contribution in [3.8, 4) is 0 Å². The molecule has 4 N–H and O–H groups in total. The fourth-order valence-corrected chi connectivity index (χ4v) is 3.11. The lowest BCUT2D eigenvalue weighted by Crippen LogP contribution is -2.43. The first-order valence-corrected chi connectivity index (χ1v) is 9.43. The van der Waals surface area contributed by atoms with Gasteiger partial charge in [-0.05, 0) is 35.9 Å². The molecule has 3 rings (SSSR count). The van der Waals surface area contributed by atoms with Crippen molar-refractivity contribution in [2.45, 2.75) is 18.9 Å². The number of carboxylic acid groups (broad SMARTS) is 1. The molecule has 150 valence electrons. The highest BCUT2D eigenvalue weighted by Crippen LogP contribution is 2.19. The standard InChI is InChI=1S/C21H20ClN3O4/c22-15-7-5-13(6-8-15)20(27)23-10-9-19(26)25-18(21(28)29)11-14-12-24-17-4-2-1-3-16(14)17/h1-8,12,18,24H,9-11H2,(H,23,27)(H,25,26)(H,28,29)/t18-/m0/s1. The van der Waals surface area contributed by atoms with Gasteiger partial charge in [-0.3, -0.25) is 9.59 Å². The first-order chi connectivity index (χ1) is 13.9. The van der Waals surface area contributed by atoms with Crippen molar-refractivity contribution < 1.29 is 19.5 Å². The Kier molecular flexibility index (Phi) is 6.51. The number of H-pyrrole nitrogens is 1. The fourth-order valence-electron chi connectivity index (χ4n) is 2.98. The van der Waals surface area contributed by atoms with E-state index in [0.717, 1.165) is 16.5 Å². The molecule has 0 aliphatic carbocycles. The highest BCUT2D eigenvalue weighted by atomic mass is 35.5. The quantitative estimate of drug-likeness (QED) is 0.455. The molecule has 0 saturated carbocycles. The molecule has 8 heteroatoms.